The molecule has 0 saturated heterocycles. The third-order valence-corrected chi connectivity index (χ3v) is 5.22. The lowest BCUT2D eigenvalue weighted by molar-refractivity contribution is -0.141. The molecule has 1 aliphatic carbocycles. The fourth-order valence-electron chi connectivity index (χ4n) is 2.04. The quantitative estimate of drug-likeness (QED) is 0.792. The number of rotatable bonds is 3. The number of ether oxygens (including phenoxy) is 1. The van der Waals surface area contributed by atoms with Gasteiger partial charge in [0.2, 0.25) is 0 Å². The van der Waals surface area contributed by atoms with Crippen LogP contribution in [0.2, 0.25) is 10.0 Å². The normalized spacial score (nSPS) is 15.3. The van der Waals surface area contributed by atoms with Gasteiger partial charge in [-0.2, -0.15) is 4.99 Å². The van der Waals surface area contributed by atoms with Crippen molar-refractivity contribution in [1.29, 1.82) is 0 Å². The molecule has 1 saturated carbocycles. The van der Waals surface area contributed by atoms with Crippen molar-refractivity contribution < 1.29 is 14.3 Å². The van der Waals surface area contributed by atoms with Gasteiger partial charge in [0, 0.05) is 5.92 Å². The van der Waals surface area contributed by atoms with Gasteiger partial charge in [0.1, 0.15) is 6.54 Å². The van der Waals surface area contributed by atoms with Gasteiger partial charge in [-0.3, -0.25) is 9.59 Å². The Bertz CT molecular complexity index is 836. The lowest BCUT2D eigenvalue weighted by Crippen LogP contribution is -2.22. The summed E-state index contributed by atoms with van der Waals surface area (Å²) in [5, 5.41) is 0.713. The molecule has 22 heavy (non-hydrogen) atoms. The smallest absolute Gasteiger partial charge is 0.325 e. The number of benzene rings is 1. The number of hydrogen-bond acceptors (Lipinski definition) is 4. The zero-order chi connectivity index (χ0) is 15.9. The predicted molar refractivity (Wildman–Crippen MR) is 85.1 cm³/mol. The van der Waals surface area contributed by atoms with Crippen LogP contribution >= 0.6 is 34.5 Å². The maximum Gasteiger partial charge on any atom is 0.325 e. The van der Waals surface area contributed by atoms with Gasteiger partial charge in [0.25, 0.3) is 5.91 Å². The van der Waals surface area contributed by atoms with Crippen LogP contribution in [0.15, 0.2) is 17.1 Å². The molecular weight excluding hydrogens is 347 g/mol. The average Bonchev–Trinajstić information content (AvgIpc) is 3.29. The van der Waals surface area contributed by atoms with E-state index in [9.17, 15) is 9.59 Å². The lowest BCUT2D eigenvalue weighted by atomic mass is 10.3. The standard InChI is InChI=1S/C14H12Cl2N2O3S/c1-21-10(19)6-18-12-9(5-4-8(15)11(12)16)22-14(18)17-13(20)7-2-3-7/h4-5,7H,2-3,6H2,1H3. The molecule has 0 unspecified atom stereocenters. The van der Waals surface area contributed by atoms with Crippen LogP contribution in [0.4, 0.5) is 0 Å². The Morgan fingerprint density at radius 1 is 1.41 bits per heavy atom. The Morgan fingerprint density at radius 2 is 2.14 bits per heavy atom. The number of fused-ring (bicyclic) bond motifs is 1. The molecule has 2 aromatic rings. The summed E-state index contributed by atoms with van der Waals surface area (Å²) < 4.78 is 7.09. The van der Waals surface area contributed by atoms with Crippen LogP contribution in [0.5, 0.6) is 0 Å². The van der Waals surface area contributed by atoms with Crippen LogP contribution in [0.1, 0.15) is 12.8 Å². The molecule has 0 radical (unpaired) electrons. The first-order valence-electron chi connectivity index (χ1n) is 6.64. The molecule has 1 aromatic carbocycles. The summed E-state index contributed by atoms with van der Waals surface area (Å²) in [6.45, 7) is -0.0760. The molecule has 1 heterocycles. The van der Waals surface area contributed by atoms with Gasteiger partial charge in [-0.05, 0) is 25.0 Å². The third kappa shape index (κ3) is 2.91. The molecule has 0 aliphatic heterocycles. The predicted octanol–water partition coefficient (Wildman–Crippen LogP) is 3.02. The van der Waals surface area contributed by atoms with Gasteiger partial charge in [-0.15, -0.1) is 0 Å². The van der Waals surface area contributed by atoms with Crippen molar-refractivity contribution in [2.24, 2.45) is 10.9 Å². The molecule has 0 N–H and O–H groups in total. The van der Waals surface area contributed by atoms with Crippen LogP contribution in [0.25, 0.3) is 10.2 Å². The van der Waals surface area contributed by atoms with Gasteiger partial charge >= 0.3 is 5.97 Å². The summed E-state index contributed by atoms with van der Waals surface area (Å²) in [7, 11) is 1.30. The highest BCUT2D eigenvalue weighted by Gasteiger charge is 2.29. The highest BCUT2D eigenvalue weighted by Crippen LogP contribution is 2.33. The zero-order valence-electron chi connectivity index (χ0n) is 11.6. The number of carbonyl (C=O) groups excluding carboxylic acids is 2. The van der Waals surface area contributed by atoms with Crippen molar-refractivity contribution >= 4 is 56.6 Å². The van der Waals surface area contributed by atoms with E-state index in [2.05, 4.69) is 4.99 Å². The van der Waals surface area contributed by atoms with Gasteiger partial charge < -0.3 is 9.30 Å². The van der Waals surface area contributed by atoms with E-state index in [0.717, 1.165) is 17.5 Å². The van der Waals surface area contributed by atoms with E-state index in [1.165, 1.54) is 18.4 Å². The van der Waals surface area contributed by atoms with Gasteiger partial charge in [0.15, 0.2) is 4.80 Å². The topological polar surface area (TPSA) is 60.7 Å². The molecule has 0 spiro atoms. The number of methoxy groups -OCH3 is 1. The van der Waals surface area contributed by atoms with Crippen molar-refractivity contribution in [1.82, 2.24) is 4.57 Å². The molecule has 1 fully saturated rings. The average molecular weight is 359 g/mol. The summed E-state index contributed by atoms with van der Waals surface area (Å²) in [5.41, 5.74) is 0.590. The number of halogens is 2. The molecule has 8 heteroatoms. The second-order valence-corrected chi connectivity index (χ2v) is 6.77. The Morgan fingerprint density at radius 3 is 2.77 bits per heavy atom. The molecule has 5 nitrogen and oxygen atoms in total. The molecule has 1 aliphatic rings. The summed E-state index contributed by atoms with van der Waals surface area (Å²) in [5.74, 6) is -0.598. The van der Waals surface area contributed by atoms with Crippen LogP contribution in [0.3, 0.4) is 0 Å². The monoisotopic (exact) mass is 358 g/mol. The molecule has 0 atom stereocenters. The highest BCUT2D eigenvalue weighted by molar-refractivity contribution is 7.16. The Hall–Kier alpha value is -1.37. The van der Waals surface area contributed by atoms with Gasteiger partial charge in [-0.25, -0.2) is 0 Å². The van der Waals surface area contributed by atoms with Crippen molar-refractivity contribution in [2.75, 3.05) is 7.11 Å². The number of amides is 1. The summed E-state index contributed by atoms with van der Waals surface area (Å²) in [4.78, 5) is 28.2. The molecule has 116 valence electrons. The molecule has 3 rings (SSSR count). The fraction of sp³-hybridized carbons (Fsp3) is 0.357. The fourth-order valence-corrected chi connectivity index (χ4v) is 3.56. The van der Waals surface area contributed by atoms with E-state index >= 15 is 0 Å². The SMILES string of the molecule is COC(=O)Cn1c(=NC(=O)C2CC2)sc2ccc(Cl)c(Cl)c21. The van der Waals surface area contributed by atoms with Crippen molar-refractivity contribution in [3.8, 4) is 0 Å². The Kier molecular flexibility index (Phi) is 4.25. The first-order chi connectivity index (χ1) is 10.5. The molecule has 0 bridgehead atoms. The van der Waals surface area contributed by atoms with Crippen molar-refractivity contribution in [2.45, 2.75) is 19.4 Å². The molecular formula is C14H12Cl2N2O3S. The Balaban J connectivity index is 2.21. The number of hydrogen-bond donors (Lipinski definition) is 0. The number of esters is 1. The second kappa shape index (κ2) is 6.02. The summed E-state index contributed by atoms with van der Waals surface area (Å²) >= 11 is 13.6. The van der Waals surface area contributed by atoms with Crippen LogP contribution in [-0.4, -0.2) is 23.6 Å². The number of aromatic nitrogens is 1. The first kappa shape index (κ1) is 15.5. The van der Waals surface area contributed by atoms with E-state index in [1.54, 1.807) is 16.7 Å². The molecule has 1 aromatic heterocycles. The maximum absolute atomic E-state index is 12.0. The van der Waals surface area contributed by atoms with E-state index in [0.29, 0.717) is 20.4 Å². The maximum atomic E-state index is 12.0. The zero-order valence-corrected chi connectivity index (χ0v) is 14.0. The minimum Gasteiger partial charge on any atom is -0.468 e. The second-order valence-electron chi connectivity index (χ2n) is 4.98. The van der Waals surface area contributed by atoms with Crippen LogP contribution in [0, 0.1) is 5.92 Å². The molecule has 1 amide bonds. The van der Waals surface area contributed by atoms with Crippen LogP contribution < -0.4 is 4.80 Å². The first-order valence-corrected chi connectivity index (χ1v) is 8.21. The van der Waals surface area contributed by atoms with Crippen molar-refractivity contribution in [3.05, 3.63) is 27.0 Å². The third-order valence-electron chi connectivity index (χ3n) is 3.38. The largest absolute Gasteiger partial charge is 0.468 e. The van der Waals surface area contributed by atoms with Gasteiger partial charge in [-0.1, -0.05) is 34.5 Å². The van der Waals surface area contributed by atoms with E-state index in [4.69, 9.17) is 27.9 Å². The van der Waals surface area contributed by atoms with Crippen molar-refractivity contribution in [3.63, 3.8) is 0 Å². The van der Waals surface area contributed by atoms with E-state index in [-0.39, 0.29) is 18.4 Å². The minimum absolute atomic E-state index is 0.0100. The minimum atomic E-state index is -0.448. The number of carbonyl (C=O) groups is 2. The highest BCUT2D eigenvalue weighted by atomic mass is 35.5. The summed E-state index contributed by atoms with van der Waals surface area (Å²) in [6, 6.07) is 3.47. The Labute approximate surface area is 140 Å². The van der Waals surface area contributed by atoms with E-state index < -0.39 is 5.97 Å². The number of nitrogens with zero attached hydrogens (tertiary/aromatic N) is 2. The lowest BCUT2D eigenvalue weighted by Gasteiger charge is -2.05. The van der Waals surface area contributed by atoms with E-state index in [1.807, 2.05) is 0 Å². The summed E-state index contributed by atoms with van der Waals surface area (Å²) in [6.07, 6.45) is 1.74. The van der Waals surface area contributed by atoms with Crippen LogP contribution in [-0.2, 0) is 20.9 Å². The van der Waals surface area contributed by atoms with Gasteiger partial charge in [0.05, 0.1) is 27.4 Å². The number of thiazole rings is 1.